The van der Waals surface area contributed by atoms with Gasteiger partial charge in [0.1, 0.15) is 12.2 Å². The molecular formula is C28H27F3N6O2. The van der Waals surface area contributed by atoms with Crippen molar-refractivity contribution in [2.45, 2.75) is 6.18 Å². The van der Waals surface area contributed by atoms with Gasteiger partial charge >= 0.3 is 12.2 Å². The SMILES string of the molecule is CN1CCN(C(=O)c2cccc(-c3ccn4c(-c5cccc(NC(=O)NCC(F)(F)F)c5)cnc4c3)c2)CC1. The molecule has 2 N–H and O–H groups in total. The molecule has 202 valence electrons. The first-order valence-electron chi connectivity index (χ1n) is 12.4. The van der Waals surface area contributed by atoms with Crippen molar-refractivity contribution >= 4 is 23.3 Å². The molecule has 1 saturated heterocycles. The fourth-order valence-corrected chi connectivity index (χ4v) is 4.51. The Morgan fingerprint density at radius 1 is 0.923 bits per heavy atom. The summed E-state index contributed by atoms with van der Waals surface area (Å²) in [5, 5.41) is 4.21. The van der Waals surface area contributed by atoms with Crippen LogP contribution in [0.4, 0.5) is 23.7 Å². The number of benzene rings is 2. The number of fused-ring (bicyclic) bond motifs is 1. The van der Waals surface area contributed by atoms with Crippen molar-refractivity contribution in [3.63, 3.8) is 0 Å². The van der Waals surface area contributed by atoms with Crippen molar-refractivity contribution < 1.29 is 22.8 Å². The molecule has 1 aliphatic rings. The number of nitrogens with one attached hydrogen (secondary N) is 2. The lowest BCUT2D eigenvalue weighted by Gasteiger charge is -2.32. The van der Waals surface area contributed by atoms with Gasteiger partial charge < -0.3 is 20.4 Å². The minimum absolute atomic E-state index is 0.0229. The number of rotatable bonds is 5. The number of carbonyl (C=O) groups excluding carboxylic acids is 2. The first-order chi connectivity index (χ1) is 18.7. The second-order valence-corrected chi connectivity index (χ2v) is 9.47. The normalized spacial score (nSPS) is 14.4. The van der Waals surface area contributed by atoms with E-state index in [2.05, 4.69) is 22.2 Å². The maximum absolute atomic E-state index is 13.0. The smallest absolute Gasteiger partial charge is 0.336 e. The molecule has 0 radical (unpaired) electrons. The van der Waals surface area contributed by atoms with Crippen LogP contribution in [0.15, 0.2) is 73.1 Å². The van der Waals surface area contributed by atoms with Gasteiger partial charge in [0, 0.05) is 49.2 Å². The molecule has 3 amide bonds. The number of aromatic nitrogens is 2. The van der Waals surface area contributed by atoms with Gasteiger partial charge in [-0.2, -0.15) is 13.2 Å². The largest absolute Gasteiger partial charge is 0.405 e. The molecule has 0 saturated carbocycles. The number of likely N-dealkylation sites (N-methyl/N-ethyl adjacent to an activating group) is 1. The van der Waals surface area contributed by atoms with Crippen LogP contribution >= 0.6 is 0 Å². The van der Waals surface area contributed by atoms with Crippen molar-refractivity contribution in [2.75, 3.05) is 45.1 Å². The number of imidazole rings is 1. The zero-order valence-corrected chi connectivity index (χ0v) is 21.2. The second-order valence-electron chi connectivity index (χ2n) is 9.47. The number of urea groups is 1. The van der Waals surface area contributed by atoms with Crippen molar-refractivity contribution in [1.82, 2.24) is 24.5 Å². The van der Waals surface area contributed by atoms with Crippen LogP contribution in [0.5, 0.6) is 0 Å². The third-order valence-corrected chi connectivity index (χ3v) is 6.61. The number of alkyl halides is 3. The molecule has 5 rings (SSSR count). The van der Waals surface area contributed by atoms with E-state index in [0.717, 1.165) is 35.5 Å². The van der Waals surface area contributed by atoms with Crippen molar-refractivity contribution in [3.05, 3.63) is 78.6 Å². The van der Waals surface area contributed by atoms with Gasteiger partial charge in [0.15, 0.2) is 0 Å². The van der Waals surface area contributed by atoms with E-state index in [0.29, 0.717) is 30.0 Å². The molecule has 39 heavy (non-hydrogen) atoms. The molecular weight excluding hydrogens is 509 g/mol. The Labute approximate surface area is 223 Å². The molecule has 0 aliphatic carbocycles. The van der Waals surface area contributed by atoms with Crippen molar-refractivity contribution in [2.24, 2.45) is 0 Å². The number of carbonyl (C=O) groups is 2. The average Bonchev–Trinajstić information content (AvgIpc) is 3.35. The number of amides is 3. The van der Waals surface area contributed by atoms with E-state index in [9.17, 15) is 22.8 Å². The van der Waals surface area contributed by atoms with Crippen LogP contribution in [0.1, 0.15) is 10.4 Å². The predicted molar refractivity (Wildman–Crippen MR) is 143 cm³/mol. The highest BCUT2D eigenvalue weighted by Crippen LogP contribution is 2.27. The monoisotopic (exact) mass is 536 g/mol. The average molecular weight is 537 g/mol. The van der Waals surface area contributed by atoms with Crippen LogP contribution in [-0.2, 0) is 0 Å². The standard InChI is InChI=1S/C28H27F3N6O2/c1-35-10-12-36(13-11-35)26(38)22-6-2-4-19(14-22)20-8-9-37-24(17-32-25(37)16-20)21-5-3-7-23(15-21)34-27(39)33-18-28(29,30)31/h2-9,14-17H,10-13,18H2,1H3,(H2,33,34,39). The zero-order valence-electron chi connectivity index (χ0n) is 21.2. The number of halogens is 3. The summed E-state index contributed by atoms with van der Waals surface area (Å²) in [7, 11) is 2.05. The maximum Gasteiger partial charge on any atom is 0.405 e. The fraction of sp³-hybridized carbons (Fsp3) is 0.250. The van der Waals surface area contributed by atoms with Gasteiger partial charge in [0.05, 0.1) is 11.9 Å². The number of nitrogens with zero attached hydrogens (tertiary/aromatic N) is 4. The van der Waals surface area contributed by atoms with E-state index in [1.165, 1.54) is 0 Å². The summed E-state index contributed by atoms with van der Waals surface area (Å²) in [6.45, 7) is 1.71. The van der Waals surface area contributed by atoms with Crippen LogP contribution in [0.25, 0.3) is 28.0 Å². The van der Waals surface area contributed by atoms with E-state index >= 15 is 0 Å². The van der Waals surface area contributed by atoms with E-state index in [-0.39, 0.29) is 5.91 Å². The Balaban J connectivity index is 1.34. The molecule has 0 atom stereocenters. The Morgan fingerprint density at radius 2 is 1.64 bits per heavy atom. The molecule has 3 heterocycles. The molecule has 0 bridgehead atoms. The number of hydrogen-bond acceptors (Lipinski definition) is 4. The number of piperazine rings is 1. The Morgan fingerprint density at radius 3 is 2.41 bits per heavy atom. The predicted octanol–water partition coefficient (Wildman–Crippen LogP) is 4.74. The molecule has 0 unspecified atom stereocenters. The lowest BCUT2D eigenvalue weighted by Crippen LogP contribution is -2.47. The van der Waals surface area contributed by atoms with Crippen LogP contribution in [0.2, 0.25) is 0 Å². The summed E-state index contributed by atoms with van der Waals surface area (Å²) < 4.78 is 39.0. The summed E-state index contributed by atoms with van der Waals surface area (Å²) >= 11 is 0. The Hall–Kier alpha value is -4.38. The van der Waals surface area contributed by atoms with Gasteiger partial charge in [0.25, 0.3) is 5.91 Å². The highest BCUT2D eigenvalue weighted by molar-refractivity contribution is 5.95. The third-order valence-electron chi connectivity index (χ3n) is 6.61. The van der Waals surface area contributed by atoms with Crippen LogP contribution in [0.3, 0.4) is 0 Å². The summed E-state index contributed by atoms with van der Waals surface area (Å²) in [6.07, 6.45) is -0.927. The molecule has 11 heteroatoms. The van der Waals surface area contributed by atoms with Gasteiger partial charge in [-0.1, -0.05) is 24.3 Å². The van der Waals surface area contributed by atoms with Crippen molar-refractivity contribution in [3.8, 4) is 22.4 Å². The minimum atomic E-state index is -4.49. The zero-order chi connectivity index (χ0) is 27.6. The van der Waals surface area contributed by atoms with E-state index in [4.69, 9.17) is 0 Å². The number of pyridine rings is 1. The van der Waals surface area contributed by atoms with Crippen LogP contribution in [0, 0.1) is 0 Å². The Kier molecular flexibility index (Phi) is 7.25. The number of anilines is 1. The van der Waals surface area contributed by atoms with Gasteiger partial charge in [0.2, 0.25) is 0 Å². The quantitative estimate of drug-likeness (QED) is 0.386. The maximum atomic E-state index is 13.0. The molecule has 0 spiro atoms. The van der Waals surface area contributed by atoms with Gasteiger partial charge in [-0.3, -0.25) is 9.20 Å². The summed E-state index contributed by atoms with van der Waals surface area (Å²) in [4.78, 5) is 33.5. The lowest BCUT2D eigenvalue weighted by atomic mass is 10.0. The number of hydrogen-bond donors (Lipinski definition) is 2. The summed E-state index contributed by atoms with van der Waals surface area (Å²) in [5.41, 5.74) is 4.95. The summed E-state index contributed by atoms with van der Waals surface area (Å²) in [5.74, 6) is 0.0229. The molecule has 1 aliphatic heterocycles. The van der Waals surface area contributed by atoms with Crippen LogP contribution in [-0.4, -0.2) is 77.1 Å². The first kappa shape index (κ1) is 26.2. The van der Waals surface area contributed by atoms with Gasteiger partial charge in [-0.25, -0.2) is 9.78 Å². The molecule has 8 nitrogen and oxygen atoms in total. The van der Waals surface area contributed by atoms with E-state index in [1.807, 2.05) is 58.0 Å². The second kappa shape index (κ2) is 10.8. The molecule has 2 aromatic carbocycles. The minimum Gasteiger partial charge on any atom is -0.336 e. The highest BCUT2D eigenvalue weighted by Gasteiger charge is 2.27. The molecule has 4 aromatic rings. The van der Waals surface area contributed by atoms with Gasteiger partial charge in [-0.05, 0) is 54.6 Å². The summed E-state index contributed by atoms with van der Waals surface area (Å²) in [6, 6.07) is 17.3. The fourth-order valence-electron chi connectivity index (χ4n) is 4.51. The van der Waals surface area contributed by atoms with Gasteiger partial charge in [-0.15, -0.1) is 0 Å². The van der Waals surface area contributed by atoms with Crippen molar-refractivity contribution in [1.29, 1.82) is 0 Å². The first-order valence-corrected chi connectivity index (χ1v) is 12.4. The molecule has 2 aromatic heterocycles. The van der Waals surface area contributed by atoms with E-state index < -0.39 is 18.8 Å². The topological polar surface area (TPSA) is 82.0 Å². The lowest BCUT2D eigenvalue weighted by molar-refractivity contribution is -0.122. The Bertz CT molecular complexity index is 1510. The van der Waals surface area contributed by atoms with E-state index in [1.54, 1.807) is 29.7 Å². The highest BCUT2D eigenvalue weighted by atomic mass is 19.4. The third kappa shape index (κ3) is 6.20. The van der Waals surface area contributed by atoms with Crippen LogP contribution < -0.4 is 10.6 Å². The molecule has 1 fully saturated rings.